The predicted octanol–water partition coefficient (Wildman–Crippen LogP) is 5.52. The summed E-state index contributed by atoms with van der Waals surface area (Å²) in [6.45, 7) is 0.857. The van der Waals surface area contributed by atoms with Gasteiger partial charge in [-0.05, 0) is 41.9 Å². The highest BCUT2D eigenvalue weighted by Gasteiger charge is 2.17. The maximum atomic E-state index is 11.0. The lowest BCUT2D eigenvalue weighted by molar-refractivity contribution is 0.298. The van der Waals surface area contributed by atoms with Crippen molar-refractivity contribution < 1.29 is 9.84 Å². The number of nitrogens with zero attached hydrogens (tertiary/aromatic N) is 2. The second kappa shape index (κ2) is 7.11. The number of hydrogen-bond acceptors (Lipinski definition) is 4. The van der Waals surface area contributed by atoms with Gasteiger partial charge in [0.25, 0.3) is 0 Å². The third-order valence-corrected chi connectivity index (χ3v) is 4.23. The lowest BCUT2D eigenvalue weighted by atomic mass is 10.2. The van der Waals surface area contributed by atoms with Gasteiger partial charge in [0, 0.05) is 17.0 Å². The maximum absolute atomic E-state index is 11.0. The van der Waals surface area contributed by atoms with E-state index in [1.54, 1.807) is 34.9 Å². The number of aromatic nitrogens is 1. The fourth-order valence-electron chi connectivity index (χ4n) is 2.57. The smallest absolute Gasteiger partial charge is 0.222 e. The third-order valence-electron chi connectivity index (χ3n) is 3.68. The van der Waals surface area contributed by atoms with E-state index < -0.39 is 0 Å². The first kappa shape index (κ1) is 16.6. The molecule has 1 aromatic heterocycles. The van der Waals surface area contributed by atoms with Crippen molar-refractivity contribution in [1.29, 1.82) is 0 Å². The van der Waals surface area contributed by atoms with Crippen molar-refractivity contribution >= 4 is 39.8 Å². The van der Waals surface area contributed by atoms with E-state index in [0.717, 1.165) is 0 Å². The van der Waals surface area contributed by atoms with E-state index in [4.69, 9.17) is 27.9 Å². The Labute approximate surface area is 148 Å². The minimum Gasteiger partial charge on any atom is -0.493 e. The molecule has 0 atom stereocenters. The van der Waals surface area contributed by atoms with Crippen molar-refractivity contribution in [2.45, 2.75) is 13.0 Å². The van der Waals surface area contributed by atoms with Crippen molar-refractivity contribution in [3.8, 4) is 11.6 Å². The second-order valence-corrected chi connectivity index (χ2v) is 6.05. The van der Waals surface area contributed by atoms with Gasteiger partial charge in [-0.2, -0.15) is 0 Å². The normalized spacial score (nSPS) is 10.9. The number of fused-ring (bicyclic) bond motifs is 1. The summed E-state index contributed by atoms with van der Waals surface area (Å²) < 4.78 is 7.23. The molecule has 24 heavy (non-hydrogen) atoms. The molecule has 3 aromatic rings. The molecule has 0 amide bonds. The molecule has 1 N–H and O–H groups in total. The monoisotopic (exact) mass is 364 g/mol. The first-order chi connectivity index (χ1) is 11.6. The van der Waals surface area contributed by atoms with E-state index in [0.29, 0.717) is 46.3 Å². The van der Waals surface area contributed by atoms with Gasteiger partial charge in [-0.15, -0.1) is 4.91 Å². The number of benzene rings is 2. The average molecular weight is 365 g/mol. The van der Waals surface area contributed by atoms with Gasteiger partial charge in [-0.3, -0.25) is 0 Å². The van der Waals surface area contributed by atoms with Crippen LogP contribution in [0, 0.1) is 4.91 Å². The summed E-state index contributed by atoms with van der Waals surface area (Å²) in [5.74, 6) is 0.444. The van der Waals surface area contributed by atoms with Gasteiger partial charge in [0.1, 0.15) is 5.75 Å². The zero-order valence-corrected chi connectivity index (χ0v) is 14.1. The van der Waals surface area contributed by atoms with Crippen LogP contribution in [0.2, 0.25) is 10.0 Å². The van der Waals surface area contributed by atoms with Crippen molar-refractivity contribution in [3.63, 3.8) is 0 Å². The first-order valence-electron chi connectivity index (χ1n) is 7.33. The number of ether oxygens (including phenoxy) is 1. The van der Waals surface area contributed by atoms with Crippen LogP contribution in [-0.4, -0.2) is 16.3 Å². The number of aryl methyl sites for hydroxylation is 1. The largest absolute Gasteiger partial charge is 0.493 e. The topological polar surface area (TPSA) is 63.8 Å². The number of para-hydroxylation sites is 1. The van der Waals surface area contributed by atoms with Gasteiger partial charge in [0.15, 0.2) is 5.69 Å². The Morgan fingerprint density at radius 3 is 2.71 bits per heavy atom. The molecule has 0 bridgehead atoms. The number of halogens is 2. The van der Waals surface area contributed by atoms with E-state index in [1.807, 2.05) is 12.1 Å². The predicted molar refractivity (Wildman–Crippen MR) is 95.6 cm³/mol. The molecule has 1 heterocycles. The minimum atomic E-state index is -0.167. The van der Waals surface area contributed by atoms with Crippen LogP contribution in [0.3, 0.4) is 0 Å². The Hall–Kier alpha value is -2.24. The Kier molecular flexibility index (Phi) is 4.92. The molecule has 124 valence electrons. The van der Waals surface area contributed by atoms with E-state index >= 15 is 0 Å². The Morgan fingerprint density at radius 2 is 1.96 bits per heavy atom. The zero-order chi connectivity index (χ0) is 17.1. The maximum Gasteiger partial charge on any atom is 0.222 e. The van der Waals surface area contributed by atoms with Crippen molar-refractivity contribution in [2.24, 2.45) is 5.18 Å². The molecule has 3 rings (SSSR count). The summed E-state index contributed by atoms with van der Waals surface area (Å²) in [5, 5.41) is 14.8. The van der Waals surface area contributed by atoms with Crippen LogP contribution in [0.25, 0.3) is 10.9 Å². The van der Waals surface area contributed by atoms with Gasteiger partial charge >= 0.3 is 0 Å². The molecule has 2 aromatic carbocycles. The van der Waals surface area contributed by atoms with Crippen LogP contribution >= 0.6 is 23.2 Å². The van der Waals surface area contributed by atoms with Crippen LogP contribution in [0.4, 0.5) is 5.69 Å². The van der Waals surface area contributed by atoms with Crippen molar-refractivity contribution in [1.82, 2.24) is 4.57 Å². The van der Waals surface area contributed by atoms with Crippen LogP contribution in [0.15, 0.2) is 47.6 Å². The molecule has 0 radical (unpaired) electrons. The molecule has 0 aliphatic rings. The van der Waals surface area contributed by atoms with E-state index in [2.05, 4.69) is 5.18 Å². The molecule has 0 saturated carbocycles. The highest BCUT2D eigenvalue weighted by atomic mass is 35.5. The highest BCUT2D eigenvalue weighted by Crippen LogP contribution is 2.39. The lowest BCUT2D eigenvalue weighted by Gasteiger charge is -2.10. The minimum absolute atomic E-state index is 0.0219. The fourth-order valence-corrected chi connectivity index (χ4v) is 2.93. The van der Waals surface area contributed by atoms with Gasteiger partial charge in [0.05, 0.1) is 17.1 Å². The van der Waals surface area contributed by atoms with Crippen LogP contribution in [0.5, 0.6) is 11.6 Å². The Bertz CT molecular complexity index is 893. The highest BCUT2D eigenvalue weighted by molar-refractivity contribution is 6.32. The number of aromatic hydroxyl groups is 1. The SMILES string of the molecule is O=Nc1c(O)n(CCCOc2ccccc2Cl)c2cc(Cl)ccc12. The second-order valence-electron chi connectivity index (χ2n) is 5.21. The Balaban J connectivity index is 1.75. The summed E-state index contributed by atoms with van der Waals surface area (Å²) in [5.41, 5.74) is 0.682. The summed E-state index contributed by atoms with van der Waals surface area (Å²) in [6.07, 6.45) is 0.605. The number of rotatable bonds is 6. The molecular formula is C17H14Cl2N2O3. The van der Waals surface area contributed by atoms with Crippen LogP contribution < -0.4 is 4.74 Å². The molecule has 0 aliphatic carbocycles. The third kappa shape index (κ3) is 3.18. The molecule has 7 heteroatoms. The first-order valence-corrected chi connectivity index (χ1v) is 8.09. The Morgan fingerprint density at radius 1 is 1.17 bits per heavy atom. The van der Waals surface area contributed by atoms with Crippen molar-refractivity contribution in [3.05, 3.63) is 57.4 Å². The van der Waals surface area contributed by atoms with Crippen LogP contribution in [-0.2, 0) is 6.54 Å². The number of hydrogen-bond donors (Lipinski definition) is 1. The van der Waals surface area contributed by atoms with Gasteiger partial charge in [-0.25, -0.2) is 0 Å². The van der Waals surface area contributed by atoms with Gasteiger partial charge in [0.2, 0.25) is 5.88 Å². The van der Waals surface area contributed by atoms with Crippen molar-refractivity contribution in [2.75, 3.05) is 6.61 Å². The molecular weight excluding hydrogens is 351 g/mol. The molecule has 0 spiro atoms. The van der Waals surface area contributed by atoms with Gasteiger partial charge < -0.3 is 14.4 Å². The van der Waals surface area contributed by atoms with E-state index in [-0.39, 0.29) is 11.6 Å². The standard InChI is InChI=1S/C17H14Cl2N2O3/c18-11-6-7-12-14(10-11)21(17(22)16(12)20-23)8-3-9-24-15-5-2-1-4-13(15)19/h1-2,4-7,10,22H,3,8-9H2. The summed E-state index contributed by atoms with van der Waals surface area (Å²) in [6, 6.07) is 12.2. The lowest BCUT2D eigenvalue weighted by Crippen LogP contribution is -2.04. The molecule has 0 unspecified atom stereocenters. The summed E-state index contributed by atoms with van der Waals surface area (Å²) in [7, 11) is 0. The quantitative estimate of drug-likeness (QED) is 0.462. The number of nitroso groups, excluding NO2 is 1. The van der Waals surface area contributed by atoms with E-state index in [9.17, 15) is 10.0 Å². The molecule has 5 nitrogen and oxygen atoms in total. The molecule has 0 fully saturated rings. The van der Waals surface area contributed by atoms with E-state index in [1.165, 1.54) is 0 Å². The molecule has 0 saturated heterocycles. The summed E-state index contributed by atoms with van der Waals surface area (Å²) >= 11 is 12.0. The van der Waals surface area contributed by atoms with Crippen LogP contribution in [0.1, 0.15) is 6.42 Å². The summed E-state index contributed by atoms with van der Waals surface area (Å²) in [4.78, 5) is 11.0. The van der Waals surface area contributed by atoms with Gasteiger partial charge in [-0.1, -0.05) is 35.3 Å². The average Bonchev–Trinajstić information content (AvgIpc) is 2.83. The molecule has 0 aliphatic heterocycles. The fraction of sp³-hybridized carbons (Fsp3) is 0.176. The zero-order valence-electron chi connectivity index (χ0n) is 12.6.